The van der Waals surface area contributed by atoms with Crippen molar-refractivity contribution in [2.24, 2.45) is 7.05 Å². The molecule has 0 aromatic carbocycles. The van der Waals surface area contributed by atoms with Gasteiger partial charge in [0, 0.05) is 20.1 Å². The number of likely N-dealkylation sites (N-methyl/N-ethyl adjacent to an activating group) is 1. The molecule has 0 spiro atoms. The van der Waals surface area contributed by atoms with Gasteiger partial charge in [-0.15, -0.1) is 0 Å². The van der Waals surface area contributed by atoms with E-state index in [1.165, 1.54) is 6.33 Å². The van der Waals surface area contributed by atoms with Crippen LogP contribution in [0.4, 0.5) is 0 Å². The predicted octanol–water partition coefficient (Wildman–Crippen LogP) is -0.783. The Morgan fingerprint density at radius 3 is 2.75 bits per heavy atom. The zero-order valence-electron chi connectivity index (χ0n) is 10.4. The van der Waals surface area contributed by atoms with Crippen molar-refractivity contribution in [1.82, 2.24) is 25.0 Å². The molecule has 0 amide bonds. The fourth-order valence-electron chi connectivity index (χ4n) is 1.66. The Labute approximate surface area is 96.3 Å². The highest BCUT2D eigenvalue weighted by Crippen LogP contribution is 2.02. The van der Waals surface area contributed by atoms with Gasteiger partial charge in [-0.05, 0) is 21.0 Å². The van der Waals surface area contributed by atoms with E-state index in [0.717, 1.165) is 5.82 Å². The summed E-state index contributed by atoms with van der Waals surface area (Å²) in [5.74, 6) is 0.862. The highest BCUT2D eigenvalue weighted by Gasteiger charge is 2.20. The molecular weight excluding hydrogens is 206 g/mol. The lowest BCUT2D eigenvalue weighted by Crippen LogP contribution is -2.45. The van der Waals surface area contributed by atoms with Gasteiger partial charge in [0.1, 0.15) is 12.2 Å². The highest BCUT2D eigenvalue weighted by molar-refractivity contribution is 4.85. The second-order valence-corrected chi connectivity index (χ2v) is 4.64. The summed E-state index contributed by atoms with van der Waals surface area (Å²) < 4.78 is 1.72. The molecule has 1 rings (SSSR count). The van der Waals surface area contributed by atoms with Crippen molar-refractivity contribution in [3.63, 3.8) is 0 Å². The van der Waals surface area contributed by atoms with Crippen LogP contribution in [0.15, 0.2) is 6.33 Å². The third-order valence-corrected chi connectivity index (χ3v) is 2.25. The van der Waals surface area contributed by atoms with E-state index in [1.807, 2.05) is 33.0 Å². The van der Waals surface area contributed by atoms with Crippen LogP contribution in [-0.4, -0.2) is 57.6 Å². The number of nitrogens with one attached hydrogen (secondary N) is 1. The molecule has 0 fully saturated rings. The standard InChI is InChI=1S/C10H21N5O/c1-10(16,7-14(2)3)6-11-5-9-12-8-13-15(9)4/h8,11,16H,5-7H2,1-4H3. The van der Waals surface area contributed by atoms with Crippen LogP contribution < -0.4 is 5.32 Å². The van der Waals surface area contributed by atoms with Gasteiger partial charge in [-0.3, -0.25) is 4.68 Å². The van der Waals surface area contributed by atoms with Crippen LogP contribution in [0.2, 0.25) is 0 Å². The van der Waals surface area contributed by atoms with Crippen LogP contribution in [0, 0.1) is 0 Å². The second kappa shape index (κ2) is 5.38. The first-order chi connectivity index (χ1) is 7.41. The molecule has 6 nitrogen and oxygen atoms in total. The molecule has 1 unspecified atom stereocenters. The Morgan fingerprint density at radius 1 is 1.56 bits per heavy atom. The lowest BCUT2D eigenvalue weighted by atomic mass is 10.1. The third-order valence-electron chi connectivity index (χ3n) is 2.25. The van der Waals surface area contributed by atoms with Gasteiger partial charge >= 0.3 is 0 Å². The van der Waals surface area contributed by atoms with Gasteiger partial charge in [-0.1, -0.05) is 0 Å². The van der Waals surface area contributed by atoms with E-state index in [1.54, 1.807) is 4.68 Å². The topological polar surface area (TPSA) is 66.2 Å². The molecule has 1 heterocycles. The van der Waals surface area contributed by atoms with Crippen molar-refractivity contribution in [3.8, 4) is 0 Å². The summed E-state index contributed by atoms with van der Waals surface area (Å²) in [6.07, 6.45) is 1.52. The molecule has 0 bridgehead atoms. The minimum absolute atomic E-state index is 0.526. The molecule has 0 saturated carbocycles. The maximum Gasteiger partial charge on any atom is 0.140 e. The van der Waals surface area contributed by atoms with Gasteiger partial charge in [-0.25, -0.2) is 4.98 Å². The van der Waals surface area contributed by atoms with Crippen LogP contribution >= 0.6 is 0 Å². The van der Waals surface area contributed by atoms with E-state index in [2.05, 4.69) is 15.4 Å². The lowest BCUT2D eigenvalue weighted by Gasteiger charge is -2.27. The molecule has 16 heavy (non-hydrogen) atoms. The van der Waals surface area contributed by atoms with Gasteiger partial charge in [-0.2, -0.15) is 5.10 Å². The summed E-state index contributed by atoms with van der Waals surface area (Å²) in [6, 6.07) is 0. The Hall–Kier alpha value is -0.980. The minimum atomic E-state index is -0.734. The van der Waals surface area contributed by atoms with E-state index in [9.17, 15) is 5.11 Å². The fraction of sp³-hybridized carbons (Fsp3) is 0.800. The molecule has 0 aliphatic carbocycles. The van der Waals surface area contributed by atoms with Crippen LogP contribution in [0.5, 0.6) is 0 Å². The van der Waals surface area contributed by atoms with E-state index in [4.69, 9.17) is 0 Å². The number of nitrogens with zero attached hydrogens (tertiary/aromatic N) is 4. The highest BCUT2D eigenvalue weighted by atomic mass is 16.3. The van der Waals surface area contributed by atoms with Crippen molar-refractivity contribution in [2.75, 3.05) is 27.2 Å². The molecule has 0 radical (unpaired) electrons. The Balaban J connectivity index is 2.32. The molecule has 6 heteroatoms. The average Bonchev–Trinajstić information content (AvgIpc) is 2.49. The fourth-order valence-corrected chi connectivity index (χ4v) is 1.66. The van der Waals surface area contributed by atoms with Gasteiger partial charge in [0.15, 0.2) is 0 Å². The SMILES string of the molecule is CN(C)CC(C)(O)CNCc1ncnn1C. The molecule has 1 aromatic heterocycles. The molecule has 0 saturated heterocycles. The molecule has 1 atom stereocenters. The lowest BCUT2D eigenvalue weighted by molar-refractivity contribution is 0.0334. The normalized spacial score (nSPS) is 15.4. The molecule has 92 valence electrons. The van der Waals surface area contributed by atoms with Crippen molar-refractivity contribution in [1.29, 1.82) is 0 Å². The van der Waals surface area contributed by atoms with Crippen LogP contribution in [-0.2, 0) is 13.6 Å². The monoisotopic (exact) mass is 227 g/mol. The average molecular weight is 227 g/mol. The smallest absolute Gasteiger partial charge is 0.140 e. The van der Waals surface area contributed by atoms with E-state index in [0.29, 0.717) is 19.6 Å². The largest absolute Gasteiger partial charge is 0.388 e. The summed E-state index contributed by atoms with van der Waals surface area (Å²) in [7, 11) is 5.73. The number of rotatable bonds is 6. The minimum Gasteiger partial charge on any atom is -0.388 e. The van der Waals surface area contributed by atoms with Gasteiger partial charge < -0.3 is 15.3 Å². The molecular formula is C10H21N5O. The summed E-state index contributed by atoms with van der Waals surface area (Å²) in [5.41, 5.74) is -0.734. The van der Waals surface area contributed by atoms with Gasteiger partial charge in [0.2, 0.25) is 0 Å². The zero-order chi connectivity index (χ0) is 12.2. The first-order valence-electron chi connectivity index (χ1n) is 5.31. The van der Waals surface area contributed by atoms with Crippen molar-refractivity contribution >= 4 is 0 Å². The van der Waals surface area contributed by atoms with Crippen LogP contribution in [0.3, 0.4) is 0 Å². The third kappa shape index (κ3) is 4.26. The maximum atomic E-state index is 10.0. The van der Waals surface area contributed by atoms with Gasteiger partial charge in [0.05, 0.1) is 12.1 Å². The Bertz CT molecular complexity index is 321. The molecule has 0 aliphatic rings. The van der Waals surface area contributed by atoms with Gasteiger partial charge in [0.25, 0.3) is 0 Å². The summed E-state index contributed by atoms with van der Waals surface area (Å²) in [5, 5.41) is 17.2. The zero-order valence-corrected chi connectivity index (χ0v) is 10.4. The first kappa shape index (κ1) is 13.1. The molecule has 2 N–H and O–H groups in total. The van der Waals surface area contributed by atoms with Crippen LogP contribution in [0.1, 0.15) is 12.7 Å². The van der Waals surface area contributed by atoms with E-state index < -0.39 is 5.60 Å². The number of aliphatic hydroxyl groups is 1. The number of hydrogen-bond donors (Lipinski definition) is 2. The maximum absolute atomic E-state index is 10.0. The quantitative estimate of drug-likeness (QED) is 0.667. The number of aryl methyl sites for hydroxylation is 1. The van der Waals surface area contributed by atoms with E-state index >= 15 is 0 Å². The first-order valence-corrected chi connectivity index (χ1v) is 5.31. The van der Waals surface area contributed by atoms with Crippen molar-refractivity contribution < 1.29 is 5.11 Å². The van der Waals surface area contributed by atoms with Crippen molar-refractivity contribution in [2.45, 2.75) is 19.1 Å². The predicted molar refractivity (Wildman–Crippen MR) is 61.9 cm³/mol. The summed E-state index contributed by atoms with van der Waals surface area (Å²) >= 11 is 0. The Kier molecular flexibility index (Phi) is 4.40. The summed E-state index contributed by atoms with van der Waals surface area (Å²) in [4.78, 5) is 6.06. The summed E-state index contributed by atoms with van der Waals surface area (Å²) in [6.45, 7) is 3.58. The second-order valence-electron chi connectivity index (χ2n) is 4.64. The molecule has 1 aromatic rings. The number of aromatic nitrogens is 3. The van der Waals surface area contributed by atoms with E-state index in [-0.39, 0.29) is 0 Å². The number of hydrogen-bond acceptors (Lipinski definition) is 5. The molecule has 0 aliphatic heterocycles. The van der Waals surface area contributed by atoms with Crippen molar-refractivity contribution in [3.05, 3.63) is 12.2 Å². The van der Waals surface area contributed by atoms with Crippen LogP contribution in [0.25, 0.3) is 0 Å². The Morgan fingerprint density at radius 2 is 2.25 bits per heavy atom.